The number of rotatable bonds is 7. The van der Waals surface area contributed by atoms with Gasteiger partial charge in [0.1, 0.15) is 5.75 Å². The number of hydrogen-bond acceptors (Lipinski definition) is 6. The standard InChI is InChI=1S/C31H29ClN2O4S/c1-18-13-23-29(31(37)34(30(23)36)16-22-5-4-12-39-22)24-17-38-27(28(18)24)10-8-20(26-6-2-3-11-33-26)14-19-7-9-21(35)15-25(19)32/h2-7,9,11-12,14-15,23-24,27,29,35H,8,10,13,16-17H2,1H3/b20-14-/t23-,24+,27-,29-/m1/s1. The molecule has 1 aromatic carbocycles. The number of allylic oxidation sites excluding steroid dienone is 2. The van der Waals surface area contributed by atoms with Gasteiger partial charge in [0.2, 0.25) is 11.8 Å². The molecule has 2 aliphatic heterocycles. The number of imide groups is 1. The van der Waals surface area contributed by atoms with Crippen LogP contribution in [0.15, 0.2) is 71.3 Å². The largest absolute Gasteiger partial charge is 0.508 e. The highest BCUT2D eigenvalue weighted by molar-refractivity contribution is 7.09. The molecule has 39 heavy (non-hydrogen) atoms. The molecule has 0 spiro atoms. The highest BCUT2D eigenvalue weighted by atomic mass is 35.5. The Morgan fingerprint density at radius 1 is 1.18 bits per heavy atom. The summed E-state index contributed by atoms with van der Waals surface area (Å²) in [5.41, 5.74) is 5.03. The van der Waals surface area contributed by atoms with Crippen LogP contribution in [0.25, 0.3) is 11.6 Å². The minimum Gasteiger partial charge on any atom is -0.508 e. The molecule has 6 nitrogen and oxygen atoms in total. The van der Waals surface area contributed by atoms with E-state index in [9.17, 15) is 14.7 Å². The van der Waals surface area contributed by atoms with Crippen molar-refractivity contribution in [3.63, 3.8) is 0 Å². The summed E-state index contributed by atoms with van der Waals surface area (Å²) in [5.74, 6) is -0.696. The number of ether oxygens (including phenoxy) is 1. The maximum atomic E-state index is 13.5. The van der Waals surface area contributed by atoms with Gasteiger partial charge in [0.25, 0.3) is 0 Å². The zero-order valence-corrected chi connectivity index (χ0v) is 23.1. The SMILES string of the molecule is CC1=C2[C@@H](CC/C(=C/c3ccc(O)cc3Cl)c3ccccn3)OC[C@@H]2[C@@H]2C(=O)N(Cc3cccs3)C(=O)[C@@H]2C1. The second-order valence-corrected chi connectivity index (χ2v) is 11.9. The van der Waals surface area contributed by atoms with Crippen molar-refractivity contribution >= 4 is 46.4 Å². The van der Waals surface area contributed by atoms with Crippen LogP contribution in [-0.2, 0) is 20.9 Å². The number of carbonyl (C=O) groups is 2. The molecule has 3 aliphatic rings. The van der Waals surface area contributed by atoms with E-state index in [1.165, 1.54) is 22.1 Å². The van der Waals surface area contributed by atoms with Crippen molar-refractivity contribution in [2.45, 2.75) is 38.8 Å². The molecular weight excluding hydrogens is 532 g/mol. The first-order chi connectivity index (χ1) is 18.9. The molecule has 200 valence electrons. The number of amides is 2. The smallest absolute Gasteiger partial charge is 0.234 e. The lowest BCUT2D eigenvalue weighted by Gasteiger charge is -2.30. The van der Waals surface area contributed by atoms with Gasteiger partial charge in [0, 0.05) is 17.0 Å². The summed E-state index contributed by atoms with van der Waals surface area (Å²) in [4.78, 5) is 33.9. The molecule has 1 N–H and O–H groups in total. The molecule has 2 amide bonds. The number of fused-ring (bicyclic) bond motifs is 3. The fourth-order valence-corrected chi connectivity index (χ4v) is 7.26. The van der Waals surface area contributed by atoms with E-state index < -0.39 is 0 Å². The zero-order chi connectivity index (χ0) is 27.1. The predicted molar refractivity (Wildman–Crippen MR) is 152 cm³/mol. The van der Waals surface area contributed by atoms with Crippen LogP contribution in [0.1, 0.15) is 42.3 Å². The van der Waals surface area contributed by atoms with E-state index >= 15 is 0 Å². The van der Waals surface area contributed by atoms with Crippen LogP contribution in [-0.4, -0.2) is 39.5 Å². The normalized spacial score (nSPS) is 24.9. The van der Waals surface area contributed by atoms with Gasteiger partial charge in [0.15, 0.2) is 0 Å². The summed E-state index contributed by atoms with van der Waals surface area (Å²) >= 11 is 7.98. The first-order valence-corrected chi connectivity index (χ1v) is 14.5. The van der Waals surface area contributed by atoms with Gasteiger partial charge in [0.05, 0.1) is 41.8 Å². The lowest BCUT2D eigenvalue weighted by molar-refractivity contribution is -0.140. The molecule has 2 aromatic heterocycles. The van der Waals surface area contributed by atoms with Crippen molar-refractivity contribution in [1.29, 1.82) is 0 Å². The minimum absolute atomic E-state index is 0.0496. The maximum absolute atomic E-state index is 13.5. The van der Waals surface area contributed by atoms with E-state index in [1.807, 2.05) is 41.8 Å². The lowest BCUT2D eigenvalue weighted by Crippen LogP contribution is -2.34. The van der Waals surface area contributed by atoms with Crippen molar-refractivity contribution in [2.24, 2.45) is 17.8 Å². The first kappa shape index (κ1) is 26.0. The Balaban J connectivity index is 1.23. The fourth-order valence-electron chi connectivity index (χ4n) is 6.34. The number of nitrogens with zero attached hydrogens (tertiary/aromatic N) is 2. The minimum atomic E-state index is -0.345. The molecule has 0 unspecified atom stereocenters. The van der Waals surface area contributed by atoms with Gasteiger partial charge in [-0.25, -0.2) is 0 Å². The quantitative estimate of drug-likeness (QED) is 0.269. The van der Waals surface area contributed by atoms with E-state index in [2.05, 4.69) is 11.9 Å². The number of halogens is 1. The lowest BCUT2D eigenvalue weighted by atomic mass is 9.70. The maximum Gasteiger partial charge on any atom is 0.234 e. The van der Waals surface area contributed by atoms with Crippen LogP contribution in [0.3, 0.4) is 0 Å². The molecule has 8 heteroatoms. The van der Waals surface area contributed by atoms with Gasteiger partial charge < -0.3 is 9.84 Å². The van der Waals surface area contributed by atoms with E-state index in [-0.39, 0.29) is 41.4 Å². The van der Waals surface area contributed by atoms with E-state index in [0.717, 1.165) is 28.1 Å². The van der Waals surface area contributed by atoms with Crippen LogP contribution in [0.4, 0.5) is 0 Å². The summed E-state index contributed by atoms with van der Waals surface area (Å²) in [6.45, 7) is 2.90. The number of thiophene rings is 1. The molecule has 0 saturated carbocycles. The molecule has 4 atom stereocenters. The highest BCUT2D eigenvalue weighted by Gasteiger charge is 2.56. The average Bonchev–Trinajstić information content (AvgIpc) is 3.65. The number of hydrogen-bond donors (Lipinski definition) is 1. The third-order valence-corrected chi connectivity index (χ3v) is 9.31. The zero-order valence-electron chi connectivity index (χ0n) is 21.5. The molecule has 1 aliphatic carbocycles. The fraction of sp³-hybridized carbons (Fsp3) is 0.323. The molecule has 3 aromatic rings. The Morgan fingerprint density at radius 2 is 2.05 bits per heavy atom. The molecule has 6 rings (SSSR count). The predicted octanol–water partition coefficient (Wildman–Crippen LogP) is 6.36. The monoisotopic (exact) mass is 560 g/mol. The van der Waals surface area contributed by atoms with Crippen molar-refractivity contribution in [3.8, 4) is 5.75 Å². The van der Waals surface area contributed by atoms with Gasteiger partial charge in [-0.1, -0.05) is 29.3 Å². The Kier molecular flexibility index (Phi) is 7.14. The molecule has 2 fully saturated rings. The summed E-state index contributed by atoms with van der Waals surface area (Å²) in [5, 5.41) is 12.2. The van der Waals surface area contributed by atoms with Gasteiger partial charge in [-0.15, -0.1) is 11.3 Å². The topological polar surface area (TPSA) is 79.7 Å². The van der Waals surface area contributed by atoms with Gasteiger partial charge in [-0.3, -0.25) is 19.5 Å². The molecule has 4 heterocycles. The van der Waals surface area contributed by atoms with Gasteiger partial charge >= 0.3 is 0 Å². The Morgan fingerprint density at radius 3 is 2.79 bits per heavy atom. The second kappa shape index (κ2) is 10.7. The van der Waals surface area contributed by atoms with E-state index in [0.29, 0.717) is 31.0 Å². The number of aromatic hydroxyl groups is 1. The molecule has 2 saturated heterocycles. The molecule has 0 radical (unpaired) electrons. The third kappa shape index (κ3) is 4.95. The second-order valence-electron chi connectivity index (χ2n) is 10.5. The van der Waals surface area contributed by atoms with Crippen LogP contribution in [0, 0.1) is 17.8 Å². The third-order valence-electron chi connectivity index (χ3n) is 8.12. The van der Waals surface area contributed by atoms with Crippen molar-refractivity contribution in [1.82, 2.24) is 9.88 Å². The van der Waals surface area contributed by atoms with E-state index in [4.69, 9.17) is 16.3 Å². The first-order valence-electron chi connectivity index (χ1n) is 13.2. The summed E-state index contributed by atoms with van der Waals surface area (Å²) in [7, 11) is 0. The number of pyridine rings is 1. The van der Waals surface area contributed by atoms with Crippen molar-refractivity contribution < 1.29 is 19.4 Å². The van der Waals surface area contributed by atoms with Crippen LogP contribution in [0.5, 0.6) is 5.75 Å². The summed E-state index contributed by atoms with van der Waals surface area (Å²) in [6.07, 6.45) is 5.67. The Hall–Kier alpha value is -3.26. The van der Waals surface area contributed by atoms with E-state index in [1.54, 1.807) is 29.7 Å². The number of carbonyl (C=O) groups excluding carboxylic acids is 2. The average molecular weight is 561 g/mol. The Labute approximate surface area is 236 Å². The van der Waals surface area contributed by atoms with Gasteiger partial charge in [-0.2, -0.15) is 0 Å². The number of benzene rings is 1. The van der Waals surface area contributed by atoms with Crippen LogP contribution < -0.4 is 0 Å². The molecule has 0 bridgehead atoms. The number of aromatic nitrogens is 1. The highest BCUT2D eigenvalue weighted by Crippen LogP contribution is 2.50. The number of phenolic OH excluding ortho intramolecular Hbond substituents is 1. The number of likely N-dealkylation sites (tertiary alicyclic amines) is 1. The summed E-state index contributed by atoms with van der Waals surface area (Å²) in [6, 6.07) is 14.7. The number of phenols is 1. The Bertz CT molecular complexity index is 1470. The summed E-state index contributed by atoms with van der Waals surface area (Å²) < 4.78 is 6.33. The van der Waals surface area contributed by atoms with Gasteiger partial charge in [-0.05, 0) is 90.8 Å². The molecular formula is C31H29ClN2O4S. The van der Waals surface area contributed by atoms with Crippen molar-refractivity contribution in [3.05, 3.63) is 92.4 Å². The van der Waals surface area contributed by atoms with Crippen molar-refractivity contribution in [2.75, 3.05) is 6.61 Å². The van der Waals surface area contributed by atoms with Crippen LogP contribution >= 0.6 is 22.9 Å². The van der Waals surface area contributed by atoms with Crippen LogP contribution in [0.2, 0.25) is 5.02 Å².